The lowest BCUT2D eigenvalue weighted by Crippen LogP contribution is -2.43. The highest BCUT2D eigenvalue weighted by molar-refractivity contribution is 5.93. The van der Waals surface area contributed by atoms with Gasteiger partial charge in [0.25, 0.3) is 5.91 Å². The van der Waals surface area contributed by atoms with Crippen LogP contribution in [0.25, 0.3) is 0 Å². The number of benzene rings is 2. The first-order chi connectivity index (χ1) is 14.4. The van der Waals surface area contributed by atoms with Gasteiger partial charge in [0.1, 0.15) is 0 Å². The molecule has 2 N–H and O–H groups in total. The topological polar surface area (TPSA) is 87.7 Å². The zero-order valence-corrected chi connectivity index (χ0v) is 17.3. The van der Waals surface area contributed by atoms with E-state index < -0.39 is 5.97 Å². The van der Waals surface area contributed by atoms with E-state index in [2.05, 4.69) is 10.6 Å². The number of carbonyl (C=O) groups excluding carboxylic acids is 3. The highest BCUT2D eigenvalue weighted by Gasteiger charge is 2.28. The molecule has 0 bridgehead atoms. The van der Waals surface area contributed by atoms with Gasteiger partial charge in [0.2, 0.25) is 0 Å². The Hall–Kier alpha value is -3.35. The SMILES string of the molecule is Cc1ccc(C)c(NC(=O)COC(=O)C2CCN(C(=O)Nc3ccccc3)CC2)c1. The van der Waals surface area contributed by atoms with Crippen LogP contribution in [0.1, 0.15) is 24.0 Å². The molecule has 7 nitrogen and oxygen atoms in total. The van der Waals surface area contributed by atoms with Crippen LogP contribution in [0.5, 0.6) is 0 Å². The Balaban J connectivity index is 1.41. The van der Waals surface area contributed by atoms with Gasteiger partial charge in [-0.3, -0.25) is 9.59 Å². The standard InChI is InChI=1S/C23H27N3O4/c1-16-8-9-17(2)20(14-16)25-21(27)15-30-22(28)18-10-12-26(13-11-18)23(29)24-19-6-4-3-5-7-19/h3-9,14,18H,10-13,15H2,1-2H3,(H,24,29)(H,25,27). The molecule has 0 unspecified atom stereocenters. The Bertz CT molecular complexity index is 906. The van der Waals surface area contributed by atoms with Gasteiger partial charge in [-0.25, -0.2) is 4.79 Å². The maximum Gasteiger partial charge on any atom is 0.321 e. The predicted molar refractivity (Wildman–Crippen MR) is 115 cm³/mol. The first kappa shape index (κ1) is 21.4. The molecule has 0 saturated carbocycles. The largest absolute Gasteiger partial charge is 0.455 e. The number of anilines is 2. The van der Waals surface area contributed by atoms with E-state index >= 15 is 0 Å². The van der Waals surface area contributed by atoms with E-state index in [0.29, 0.717) is 31.6 Å². The summed E-state index contributed by atoms with van der Waals surface area (Å²) in [6.07, 6.45) is 1.03. The number of rotatable bonds is 5. The number of urea groups is 1. The van der Waals surface area contributed by atoms with Gasteiger partial charge in [-0.1, -0.05) is 30.3 Å². The van der Waals surface area contributed by atoms with Gasteiger partial charge in [-0.2, -0.15) is 0 Å². The number of hydrogen-bond acceptors (Lipinski definition) is 4. The summed E-state index contributed by atoms with van der Waals surface area (Å²) in [4.78, 5) is 38.5. The van der Waals surface area contributed by atoms with Crippen molar-refractivity contribution in [3.63, 3.8) is 0 Å². The maximum atomic E-state index is 12.3. The number of likely N-dealkylation sites (tertiary alicyclic amines) is 1. The number of carbonyl (C=O) groups is 3. The van der Waals surface area contributed by atoms with Crippen molar-refractivity contribution in [1.29, 1.82) is 0 Å². The summed E-state index contributed by atoms with van der Waals surface area (Å²) >= 11 is 0. The molecule has 0 aliphatic carbocycles. The van der Waals surface area contributed by atoms with Crippen LogP contribution in [0.4, 0.5) is 16.2 Å². The second-order valence-corrected chi connectivity index (χ2v) is 7.53. The lowest BCUT2D eigenvalue weighted by atomic mass is 9.97. The Kier molecular flexibility index (Phi) is 7.06. The number of esters is 1. The number of piperidine rings is 1. The minimum absolute atomic E-state index is 0.180. The van der Waals surface area contributed by atoms with Crippen LogP contribution in [-0.4, -0.2) is 42.5 Å². The molecule has 1 aliphatic heterocycles. The zero-order valence-electron chi connectivity index (χ0n) is 17.3. The van der Waals surface area contributed by atoms with Crippen molar-refractivity contribution < 1.29 is 19.1 Å². The number of ether oxygens (including phenoxy) is 1. The van der Waals surface area contributed by atoms with E-state index in [1.807, 2.05) is 62.4 Å². The van der Waals surface area contributed by atoms with Crippen LogP contribution < -0.4 is 10.6 Å². The summed E-state index contributed by atoms with van der Waals surface area (Å²) in [5.41, 5.74) is 3.44. The summed E-state index contributed by atoms with van der Waals surface area (Å²) in [5.74, 6) is -1.06. The van der Waals surface area contributed by atoms with E-state index in [0.717, 1.165) is 16.8 Å². The predicted octanol–water partition coefficient (Wildman–Crippen LogP) is 3.73. The van der Waals surface area contributed by atoms with Gasteiger partial charge >= 0.3 is 12.0 Å². The number of aryl methyl sites for hydroxylation is 2. The van der Waals surface area contributed by atoms with E-state index in [1.54, 1.807) is 4.90 Å². The van der Waals surface area contributed by atoms with Crippen LogP contribution >= 0.6 is 0 Å². The average Bonchev–Trinajstić information content (AvgIpc) is 2.75. The second-order valence-electron chi connectivity index (χ2n) is 7.53. The van der Waals surface area contributed by atoms with Crippen LogP contribution in [-0.2, 0) is 14.3 Å². The van der Waals surface area contributed by atoms with Crippen LogP contribution in [0.2, 0.25) is 0 Å². The molecule has 0 atom stereocenters. The highest BCUT2D eigenvalue weighted by Crippen LogP contribution is 2.20. The first-order valence-corrected chi connectivity index (χ1v) is 10.1. The molecule has 0 radical (unpaired) electrons. The van der Waals surface area contributed by atoms with E-state index in [-0.39, 0.29) is 24.5 Å². The number of hydrogen-bond donors (Lipinski definition) is 2. The van der Waals surface area contributed by atoms with Crippen molar-refractivity contribution in [2.24, 2.45) is 5.92 Å². The Morgan fingerprint density at radius 2 is 1.70 bits per heavy atom. The van der Waals surface area contributed by atoms with Gasteiger partial charge in [0.15, 0.2) is 6.61 Å². The van der Waals surface area contributed by atoms with E-state index in [1.165, 1.54) is 0 Å². The van der Waals surface area contributed by atoms with Crippen molar-refractivity contribution in [3.8, 4) is 0 Å². The third kappa shape index (κ3) is 5.83. The number of amides is 3. The summed E-state index contributed by atoms with van der Waals surface area (Å²) in [6, 6.07) is 14.8. The Morgan fingerprint density at radius 1 is 1.00 bits per heavy atom. The van der Waals surface area contributed by atoms with E-state index in [4.69, 9.17) is 4.74 Å². The number of nitrogens with one attached hydrogen (secondary N) is 2. The fourth-order valence-corrected chi connectivity index (χ4v) is 3.35. The molecule has 158 valence electrons. The smallest absolute Gasteiger partial charge is 0.321 e. The molecule has 0 spiro atoms. The molecular formula is C23H27N3O4. The quantitative estimate of drug-likeness (QED) is 0.737. The molecule has 1 fully saturated rings. The minimum atomic E-state index is -0.394. The summed E-state index contributed by atoms with van der Waals surface area (Å²) in [6.45, 7) is 4.46. The average molecular weight is 409 g/mol. The molecule has 1 saturated heterocycles. The van der Waals surface area contributed by atoms with Gasteiger partial charge in [-0.15, -0.1) is 0 Å². The van der Waals surface area contributed by atoms with Crippen molar-refractivity contribution in [3.05, 3.63) is 59.7 Å². The number of nitrogens with zero attached hydrogens (tertiary/aromatic N) is 1. The minimum Gasteiger partial charge on any atom is -0.455 e. The monoisotopic (exact) mass is 409 g/mol. The van der Waals surface area contributed by atoms with Gasteiger partial charge < -0.3 is 20.3 Å². The maximum absolute atomic E-state index is 12.3. The Morgan fingerprint density at radius 3 is 2.40 bits per heavy atom. The van der Waals surface area contributed by atoms with Crippen molar-refractivity contribution in [2.75, 3.05) is 30.3 Å². The first-order valence-electron chi connectivity index (χ1n) is 10.1. The summed E-state index contributed by atoms with van der Waals surface area (Å²) < 4.78 is 5.21. The third-order valence-electron chi connectivity index (χ3n) is 5.15. The molecule has 1 heterocycles. The van der Waals surface area contributed by atoms with Crippen molar-refractivity contribution in [2.45, 2.75) is 26.7 Å². The summed E-state index contributed by atoms with van der Waals surface area (Å²) in [7, 11) is 0. The van der Waals surface area contributed by atoms with Crippen LogP contribution in [0.3, 0.4) is 0 Å². The highest BCUT2D eigenvalue weighted by atomic mass is 16.5. The van der Waals surface area contributed by atoms with Gasteiger partial charge in [-0.05, 0) is 56.0 Å². The zero-order chi connectivity index (χ0) is 21.5. The molecule has 3 amide bonds. The molecule has 2 aromatic rings. The van der Waals surface area contributed by atoms with E-state index in [9.17, 15) is 14.4 Å². The summed E-state index contributed by atoms with van der Waals surface area (Å²) in [5, 5.41) is 5.62. The third-order valence-corrected chi connectivity index (χ3v) is 5.15. The molecule has 3 rings (SSSR count). The molecule has 30 heavy (non-hydrogen) atoms. The fraction of sp³-hybridized carbons (Fsp3) is 0.348. The lowest BCUT2D eigenvalue weighted by molar-refractivity contribution is -0.152. The number of para-hydroxylation sites is 1. The molecule has 0 aromatic heterocycles. The molecule has 7 heteroatoms. The molecule has 1 aliphatic rings. The van der Waals surface area contributed by atoms with Crippen LogP contribution in [0.15, 0.2) is 48.5 Å². The van der Waals surface area contributed by atoms with Crippen molar-refractivity contribution in [1.82, 2.24) is 4.90 Å². The normalized spacial score (nSPS) is 14.1. The second kappa shape index (κ2) is 9.91. The van der Waals surface area contributed by atoms with Crippen LogP contribution in [0, 0.1) is 19.8 Å². The molecular weight excluding hydrogens is 382 g/mol. The fourth-order valence-electron chi connectivity index (χ4n) is 3.35. The van der Waals surface area contributed by atoms with Gasteiger partial charge in [0.05, 0.1) is 5.92 Å². The lowest BCUT2D eigenvalue weighted by Gasteiger charge is -2.30. The van der Waals surface area contributed by atoms with Gasteiger partial charge in [0, 0.05) is 24.5 Å². The Labute approximate surface area is 176 Å². The van der Waals surface area contributed by atoms with Crippen molar-refractivity contribution >= 4 is 29.3 Å². The molecule has 2 aromatic carbocycles.